The van der Waals surface area contributed by atoms with E-state index in [1.54, 1.807) is 24.4 Å². The second-order valence-electron chi connectivity index (χ2n) is 5.69. The van der Waals surface area contributed by atoms with Gasteiger partial charge in [0.1, 0.15) is 5.57 Å². The number of anilines is 1. The number of halogens is 1. The van der Waals surface area contributed by atoms with Gasteiger partial charge >= 0.3 is 5.97 Å². The third-order valence-corrected chi connectivity index (χ3v) is 5.20. The summed E-state index contributed by atoms with van der Waals surface area (Å²) >= 11 is 5.88. The van der Waals surface area contributed by atoms with Crippen molar-refractivity contribution in [1.82, 2.24) is 9.88 Å². The van der Waals surface area contributed by atoms with Crippen LogP contribution in [0.25, 0.3) is 0 Å². The van der Waals surface area contributed by atoms with Crippen molar-refractivity contribution >= 4 is 45.0 Å². The largest absolute Gasteiger partial charge is 0.449 e. The van der Waals surface area contributed by atoms with E-state index in [1.807, 2.05) is 0 Å². The number of allylic oxidation sites excluding steroid dienone is 2. The Balaban J connectivity index is 1.72. The predicted octanol–water partition coefficient (Wildman–Crippen LogP) is 1.10. The highest BCUT2D eigenvalue weighted by atomic mass is 35.5. The van der Waals surface area contributed by atoms with Crippen molar-refractivity contribution in [2.45, 2.75) is 13.0 Å². The van der Waals surface area contributed by atoms with Crippen LogP contribution in [0.5, 0.6) is 0 Å². The number of aromatic nitrogens is 1. The molecule has 142 valence electrons. The summed E-state index contributed by atoms with van der Waals surface area (Å²) in [4.78, 5) is 30.0. The van der Waals surface area contributed by atoms with Crippen molar-refractivity contribution < 1.29 is 22.7 Å². The highest BCUT2D eigenvalue weighted by Gasteiger charge is 2.32. The zero-order valence-electron chi connectivity index (χ0n) is 14.1. The number of hydrogen-bond acceptors (Lipinski definition) is 7. The maximum Gasteiger partial charge on any atom is 0.342 e. The van der Waals surface area contributed by atoms with Crippen LogP contribution in [0, 0.1) is 0 Å². The third kappa shape index (κ3) is 4.34. The van der Waals surface area contributed by atoms with Crippen LogP contribution in [-0.2, 0) is 24.3 Å². The molecule has 0 spiro atoms. The zero-order chi connectivity index (χ0) is 19.6. The summed E-state index contributed by atoms with van der Waals surface area (Å²) in [6.45, 7) is 1.56. The number of carbonyl (C=O) groups is 2. The number of fused-ring (bicyclic) bond motifs is 1. The van der Waals surface area contributed by atoms with E-state index in [9.17, 15) is 18.0 Å². The van der Waals surface area contributed by atoms with Crippen molar-refractivity contribution in [3.05, 3.63) is 47.4 Å². The van der Waals surface area contributed by atoms with E-state index in [0.717, 1.165) is 0 Å². The molecule has 0 aromatic carbocycles. The molecule has 9 nitrogen and oxygen atoms in total. The van der Waals surface area contributed by atoms with Gasteiger partial charge in [0.25, 0.3) is 15.9 Å². The second-order valence-corrected chi connectivity index (χ2v) is 7.81. The smallest absolute Gasteiger partial charge is 0.342 e. The maximum atomic E-state index is 12.5. The topological polar surface area (TPSA) is 118 Å². The lowest BCUT2D eigenvalue weighted by atomic mass is 10.1. The number of sulfonamides is 1. The van der Waals surface area contributed by atoms with Gasteiger partial charge in [-0.15, -0.1) is 4.40 Å². The van der Waals surface area contributed by atoms with Crippen molar-refractivity contribution in [3.63, 3.8) is 0 Å². The summed E-state index contributed by atoms with van der Waals surface area (Å²) < 4.78 is 32.3. The predicted molar refractivity (Wildman–Crippen MR) is 98.6 cm³/mol. The van der Waals surface area contributed by atoms with Gasteiger partial charge in [0.05, 0.1) is 11.4 Å². The van der Waals surface area contributed by atoms with Gasteiger partial charge in [-0.3, -0.25) is 4.79 Å². The molecule has 2 aliphatic rings. The molecule has 0 saturated carbocycles. The molecule has 0 saturated heterocycles. The average molecular weight is 411 g/mol. The Hall–Kier alpha value is -2.72. The molecule has 1 amide bonds. The van der Waals surface area contributed by atoms with Gasteiger partial charge < -0.3 is 15.0 Å². The number of esters is 1. The van der Waals surface area contributed by atoms with Gasteiger partial charge in [-0.25, -0.2) is 18.2 Å². The highest BCUT2D eigenvalue weighted by Crippen LogP contribution is 2.20. The number of nitrogens with one attached hydrogen (secondary N) is 1. The molecular formula is C16H15ClN4O5S. The summed E-state index contributed by atoms with van der Waals surface area (Å²) in [6.07, 6.45) is 4.89. The molecule has 0 unspecified atom stereocenters. The van der Waals surface area contributed by atoms with Crippen LogP contribution in [0.2, 0.25) is 5.15 Å². The lowest BCUT2D eigenvalue weighted by molar-refractivity contribution is -0.148. The van der Waals surface area contributed by atoms with Crippen molar-refractivity contribution in [2.75, 3.05) is 17.6 Å². The molecule has 3 heterocycles. The third-order valence-electron chi connectivity index (χ3n) is 3.75. The minimum atomic E-state index is -3.65. The first-order chi connectivity index (χ1) is 12.8. The fourth-order valence-corrected chi connectivity index (χ4v) is 3.52. The minimum Gasteiger partial charge on any atom is -0.449 e. The van der Waals surface area contributed by atoms with Crippen LogP contribution in [0.1, 0.15) is 6.92 Å². The molecule has 0 aliphatic carbocycles. The number of pyridine rings is 1. The van der Waals surface area contributed by atoms with Crippen LogP contribution in [0.4, 0.5) is 5.69 Å². The van der Waals surface area contributed by atoms with Gasteiger partial charge in [0.15, 0.2) is 17.1 Å². The van der Waals surface area contributed by atoms with Crippen molar-refractivity contribution in [1.29, 1.82) is 0 Å². The Labute approximate surface area is 160 Å². The first-order valence-corrected chi connectivity index (χ1v) is 9.86. The fourth-order valence-electron chi connectivity index (χ4n) is 2.37. The number of ether oxygens (including phenoxy) is 1. The Morgan fingerprint density at radius 3 is 2.93 bits per heavy atom. The summed E-state index contributed by atoms with van der Waals surface area (Å²) in [5.41, 5.74) is 0.237. The Kier molecular flexibility index (Phi) is 5.29. The van der Waals surface area contributed by atoms with E-state index in [-0.39, 0.29) is 34.5 Å². The van der Waals surface area contributed by atoms with Crippen molar-refractivity contribution in [2.24, 2.45) is 4.40 Å². The fraction of sp³-hybridized carbons (Fsp3) is 0.250. The molecule has 1 N–H and O–H groups in total. The van der Waals surface area contributed by atoms with Crippen LogP contribution in [-0.4, -0.2) is 54.4 Å². The molecule has 0 fully saturated rings. The Bertz CT molecular complexity index is 986. The molecule has 1 aromatic rings. The maximum absolute atomic E-state index is 12.5. The molecule has 0 radical (unpaired) electrons. The van der Waals surface area contributed by atoms with Crippen LogP contribution < -0.4 is 5.32 Å². The molecule has 2 aliphatic heterocycles. The van der Waals surface area contributed by atoms with E-state index in [4.69, 9.17) is 16.3 Å². The van der Waals surface area contributed by atoms with E-state index in [0.29, 0.717) is 0 Å². The van der Waals surface area contributed by atoms with E-state index >= 15 is 0 Å². The van der Waals surface area contributed by atoms with Gasteiger partial charge in [-0.2, -0.15) is 0 Å². The summed E-state index contributed by atoms with van der Waals surface area (Å²) in [7, 11) is -3.65. The number of rotatable bonds is 4. The monoisotopic (exact) mass is 410 g/mol. The van der Waals surface area contributed by atoms with Gasteiger partial charge in [0.2, 0.25) is 0 Å². The Morgan fingerprint density at radius 1 is 1.41 bits per heavy atom. The summed E-state index contributed by atoms with van der Waals surface area (Å²) in [5.74, 6) is -1.63. The first kappa shape index (κ1) is 19.1. The van der Waals surface area contributed by atoms with Gasteiger partial charge in [0, 0.05) is 18.9 Å². The standard InChI is InChI=1S/C16H15ClN4O5S/c1-10(15(22)19-12-5-2-6-18-13(12)17)26-16(23)11-4-3-7-21-8-9-27(24,25)20-14(11)21/h2-7,10H,8-9H2,1H3,(H,19,22)/t10-/m0/s1. The molecule has 0 bridgehead atoms. The SMILES string of the molecule is C[C@H](OC(=O)C1=CC=CN2CCS(=O)(=O)N=C12)C(=O)Nc1cccnc1Cl. The number of hydrogen-bond donors (Lipinski definition) is 1. The molecule has 1 aromatic heterocycles. The molecule has 27 heavy (non-hydrogen) atoms. The van der Waals surface area contributed by atoms with E-state index in [1.165, 1.54) is 24.1 Å². The van der Waals surface area contributed by atoms with Crippen LogP contribution >= 0.6 is 11.6 Å². The highest BCUT2D eigenvalue weighted by molar-refractivity contribution is 7.90. The molecule has 1 atom stereocenters. The minimum absolute atomic E-state index is 0.0170. The normalized spacial score (nSPS) is 18.7. The van der Waals surface area contributed by atoms with Crippen LogP contribution in [0.15, 0.2) is 46.7 Å². The van der Waals surface area contributed by atoms with Gasteiger partial charge in [-0.1, -0.05) is 11.6 Å². The zero-order valence-corrected chi connectivity index (χ0v) is 15.7. The summed E-state index contributed by atoms with van der Waals surface area (Å²) in [5, 5.41) is 2.61. The molecule has 3 rings (SSSR count). The summed E-state index contributed by atoms with van der Waals surface area (Å²) in [6, 6.07) is 3.14. The Morgan fingerprint density at radius 2 is 2.19 bits per heavy atom. The number of amides is 1. The van der Waals surface area contributed by atoms with Gasteiger partial charge in [-0.05, 0) is 31.2 Å². The van der Waals surface area contributed by atoms with Crippen LogP contribution in [0.3, 0.4) is 0 Å². The molecule has 11 heteroatoms. The average Bonchev–Trinajstić information content (AvgIpc) is 2.62. The quantitative estimate of drug-likeness (QED) is 0.583. The number of carbonyl (C=O) groups excluding carboxylic acids is 2. The second kappa shape index (κ2) is 7.49. The number of amidine groups is 1. The lowest BCUT2D eigenvalue weighted by Gasteiger charge is -2.28. The molecular weight excluding hydrogens is 396 g/mol. The number of nitrogens with zero attached hydrogens (tertiary/aromatic N) is 3. The van der Waals surface area contributed by atoms with E-state index < -0.39 is 28.0 Å². The lowest BCUT2D eigenvalue weighted by Crippen LogP contribution is -2.41. The van der Waals surface area contributed by atoms with Crippen molar-refractivity contribution in [3.8, 4) is 0 Å². The first-order valence-electron chi connectivity index (χ1n) is 7.87. The van der Waals surface area contributed by atoms with E-state index in [2.05, 4.69) is 14.7 Å².